The number of ether oxygens (including phenoxy) is 1. The number of hydrogen-bond acceptors (Lipinski definition) is 5. The van der Waals surface area contributed by atoms with Crippen LogP contribution < -0.4 is 14.4 Å². The smallest absolute Gasteiger partial charge is 0.264 e. The molecule has 2 amide bonds. The highest BCUT2D eigenvalue weighted by molar-refractivity contribution is 7.92. The molecule has 11 heteroatoms. The van der Waals surface area contributed by atoms with Crippen molar-refractivity contribution < 1.29 is 22.7 Å². The summed E-state index contributed by atoms with van der Waals surface area (Å²) in [6.45, 7) is 4.74. The summed E-state index contributed by atoms with van der Waals surface area (Å²) >= 11 is 12.7. The third kappa shape index (κ3) is 7.03. The summed E-state index contributed by atoms with van der Waals surface area (Å²) in [5.41, 5.74) is 1.51. The molecule has 0 aliphatic rings. The van der Waals surface area contributed by atoms with Gasteiger partial charge in [0.1, 0.15) is 18.3 Å². The van der Waals surface area contributed by atoms with Gasteiger partial charge in [-0.25, -0.2) is 8.42 Å². The predicted octanol–water partition coefficient (Wildman–Crippen LogP) is 5.06. The Kier molecular flexibility index (Phi) is 10.2. The Morgan fingerprint density at radius 1 is 0.974 bits per heavy atom. The molecular weight excluding hydrogens is 561 g/mol. The van der Waals surface area contributed by atoms with E-state index in [0.717, 1.165) is 9.87 Å². The predicted molar refractivity (Wildman–Crippen MR) is 154 cm³/mol. The van der Waals surface area contributed by atoms with Gasteiger partial charge in [-0.1, -0.05) is 59.1 Å². The number of benzene rings is 3. The van der Waals surface area contributed by atoms with Gasteiger partial charge < -0.3 is 15.0 Å². The van der Waals surface area contributed by atoms with E-state index in [2.05, 4.69) is 5.32 Å². The number of para-hydroxylation sites is 2. The van der Waals surface area contributed by atoms with Crippen LogP contribution in [0.3, 0.4) is 0 Å². The molecule has 1 N–H and O–H groups in total. The van der Waals surface area contributed by atoms with Crippen molar-refractivity contribution in [1.82, 2.24) is 10.2 Å². The second kappa shape index (κ2) is 13.2. The molecule has 0 spiro atoms. The van der Waals surface area contributed by atoms with Crippen molar-refractivity contribution in [3.8, 4) is 5.75 Å². The van der Waals surface area contributed by atoms with Crippen molar-refractivity contribution in [3.05, 3.63) is 87.9 Å². The zero-order valence-corrected chi connectivity index (χ0v) is 24.5. The lowest BCUT2D eigenvalue weighted by Crippen LogP contribution is -2.50. The first kappa shape index (κ1) is 30.3. The van der Waals surface area contributed by atoms with Crippen LogP contribution in [0, 0.1) is 6.92 Å². The van der Waals surface area contributed by atoms with Gasteiger partial charge in [-0.15, -0.1) is 0 Å². The van der Waals surface area contributed by atoms with Gasteiger partial charge in [0, 0.05) is 29.2 Å². The number of hydrogen-bond donors (Lipinski definition) is 1. The quantitative estimate of drug-likeness (QED) is 0.336. The van der Waals surface area contributed by atoms with Gasteiger partial charge >= 0.3 is 0 Å². The molecule has 0 unspecified atom stereocenters. The van der Waals surface area contributed by atoms with E-state index < -0.39 is 34.4 Å². The number of halogens is 2. The fraction of sp³-hybridized carbons (Fsp3) is 0.286. The van der Waals surface area contributed by atoms with Crippen LogP contribution in [0.25, 0.3) is 0 Å². The fourth-order valence-corrected chi connectivity index (χ4v) is 5.88. The Bertz CT molecular complexity index is 1410. The molecule has 39 heavy (non-hydrogen) atoms. The molecule has 1 atom stereocenters. The Morgan fingerprint density at radius 3 is 2.18 bits per heavy atom. The molecule has 3 rings (SSSR count). The van der Waals surface area contributed by atoms with Gasteiger partial charge in [0.25, 0.3) is 10.0 Å². The van der Waals surface area contributed by atoms with Crippen molar-refractivity contribution in [1.29, 1.82) is 0 Å². The highest BCUT2D eigenvalue weighted by atomic mass is 35.5. The van der Waals surface area contributed by atoms with Crippen LogP contribution in [0.2, 0.25) is 10.0 Å². The highest BCUT2D eigenvalue weighted by Gasteiger charge is 2.34. The average molecular weight is 593 g/mol. The first-order valence-corrected chi connectivity index (χ1v) is 14.5. The third-order valence-electron chi connectivity index (χ3n) is 6.13. The van der Waals surface area contributed by atoms with E-state index in [4.69, 9.17) is 27.9 Å². The number of amides is 2. The third-order valence-corrected chi connectivity index (χ3v) is 8.61. The van der Waals surface area contributed by atoms with Gasteiger partial charge in [0.05, 0.1) is 17.2 Å². The van der Waals surface area contributed by atoms with Crippen LogP contribution in [0.1, 0.15) is 25.0 Å². The van der Waals surface area contributed by atoms with Gasteiger partial charge in [-0.05, 0) is 57.2 Å². The van der Waals surface area contributed by atoms with E-state index >= 15 is 0 Å². The zero-order valence-electron chi connectivity index (χ0n) is 22.1. The first-order valence-electron chi connectivity index (χ1n) is 12.3. The fourth-order valence-electron chi connectivity index (χ4n) is 3.94. The lowest BCUT2D eigenvalue weighted by Gasteiger charge is -2.32. The molecule has 0 saturated heterocycles. The number of likely N-dealkylation sites (N-methyl/N-ethyl adjacent to an activating group) is 1. The van der Waals surface area contributed by atoms with Crippen LogP contribution in [-0.2, 0) is 26.2 Å². The Morgan fingerprint density at radius 2 is 1.59 bits per heavy atom. The summed E-state index contributed by atoms with van der Waals surface area (Å²) in [7, 11) is -2.77. The number of aryl methyl sites for hydroxylation is 1. The van der Waals surface area contributed by atoms with Crippen LogP contribution >= 0.6 is 23.2 Å². The second-order valence-electron chi connectivity index (χ2n) is 8.74. The molecule has 0 saturated carbocycles. The maximum atomic E-state index is 14.0. The molecule has 3 aromatic carbocycles. The van der Waals surface area contributed by atoms with Crippen LogP contribution in [0.5, 0.6) is 5.75 Å². The number of carbonyl (C=O) groups is 2. The number of anilines is 1. The molecule has 0 fully saturated rings. The molecule has 0 radical (unpaired) electrons. The van der Waals surface area contributed by atoms with Crippen LogP contribution in [-0.4, -0.2) is 51.4 Å². The Balaban J connectivity index is 2.12. The molecule has 0 heterocycles. The number of sulfonamides is 1. The van der Waals surface area contributed by atoms with Gasteiger partial charge in [-0.2, -0.15) is 0 Å². The molecule has 3 aromatic rings. The van der Waals surface area contributed by atoms with Crippen molar-refractivity contribution in [2.75, 3.05) is 24.5 Å². The summed E-state index contributed by atoms with van der Waals surface area (Å²) < 4.78 is 34.6. The number of nitrogens with zero attached hydrogens (tertiary/aromatic N) is 2. The second-order valence-corrected chi connectivity index (χ2v) is 11.4. The average Bonchev–Trinajstić information content (AvgIpc) is 2.91. The van der Waals surface area contributed by atoms with Gasteiger partial charge in [0.15, 0.2) is 0 Å². The van der Waals surface area contributed by atoms with Gasteiger partial charge in [0.2, 0.25) is 11.8 Å². The van der Waals surface area contributed by atoms with E-state index in [0.29, 0.717) is 21.4 Å². The van der Waals surface area contributed by atoms with Crippen LogP contribution in [0.4, 0.5) is 5.69 Å². The summed E-state index contributed by atoms with van der Waals surface area (Å²) in [5.74, 6) is -0.776. The molecular formula is C28H31Cl2N3O5S. The Labute approximate surface area is 239 Å². The van der Waals surface area contributed by atoms with E-state index in [1.807, 2.05) is 6.92 Å². The standard InChI is InChI=1S/C28H31Cl2N3O5S/c1-5-38-26-12-7-6-11-25(26)33(39(36,37)21-15-13-19(2)14-16-21)18-27(34)32(20(3)28(35)31-4)17-22-23(29)9-8-10-24(22)30/h6-16,20H,5,17-18H2,1-4H3,(H,31,35)/t20-/m0/s1. The van der Waals surface area contributed by atoms with Crippen molar-refractivity contribution in [2.24, 2.45) is 0 Å². The molecule has 0 aliphatic heterocycles. The maximum absolute atomic E-state index is 14.0. The van der Waals surface area contributed by atoms with Gasteiger partial charge in [-0.3, -0.25) is 13.9 Å². The van der Waals surface area contributed by atoms with Crippen LogP contribution in [0.15, 0.2) is 71.6 Å². The van der Waals surface area contributed by atoms with Crippen molar-refractivity contribution >= 4 is 50.7 Å². The minimum absolute atomic E-state index is 0.00671. The van der Waals surface area contributed by atoms with E-state index in [9.17, 15) is 18.0 Å². The maximum Gasteiger partial charge on any atom is 0.264 e. The lowest BCUT2D eigenvalue weighted by molar-refractivity contribution is -0.139. The summed E-state index contributed by atoms with van der Waals surface area (Å²) in [5, 5.41) is 3.17. The SMILES string of the molecule is CCOc1ccccc1N(CC(=O)N(Cc1c(Cl)cccc1Cl)[C@@H](C)C(=O)NC)S(=O)(=O)c1ccc(C)cc1. The van der Waals surface area contributed by atoms with E-state index in [1.54, 1.807) is 68.4 Å². The monoisotopic (exact) mass is 591 g/mol. The Hall–Kier alpha value is -3.27. The summed E-state index contributed by atoms with van der Waals surface area (Å²) in [6.07, 6.45) is 0. The largest absolute Gasteiger partial charge is 0.492 e. The topological polar surface area (TPSA) is 96.0 Å². The first-order chi connectivity index (χ1) is 18.5. The van der Waals surface area contributed by atoms with Crippen molar-refractivity contribution in [3.63, 3.8) is 0 Å². The minimum atomic E-state index is -4.23. The molecule has 208 valence electrons. The minimum Gasteiger partial charge on any atom is -0.492 e. The number of rotatable bonds is 11. The normalized spacial score (nSPS) is 11.9. The molecule has 8 nitrogen and oxygen atoms in total. The number of carbonyl (C=O) groups excluding carboxylic acids is 2. The van der Waals surface area contributed by atoms with E-state index in [-0.39, 0.29) is 23.7 Å². The summed E-state index contributed by atoms with van der Waals surface area (Å²) in [4.78, 5) is 27.8. The van der Waals surface area contributed by atoms with Crippen molar-refractivity contribution in [2.45, 2.75) is 38.3 Å². The number of nitrogens with one attached hydrogen (secondary N) is 1. The molecule has 0 aromatic heterocycles. The summed E-state index contributed by atoms with van der Waals surface area (Å²) in [6, 6.07) is 16.9. The highest BCUT2D eigenvalue weighted by Crippen LogP contribution is 2.33. The molecule has 0 bridgehead atoms. The zero-order chi connectivity index (χ0) is 28.7. The lowest BCUT2D eigenvalue weighted by atomic mass is 10.1. The molecule has 0 aliphatic carbocycles. The van der Waals surface area contributed by atoms with E-state index in [1.165, 1.54) is 24.1 Å².